The van der Waals surface area contributed by atoms with Gasteiger partial charge in [-0.15, -0.1) is 0 Å². The van der Waals surface area contributed by atoms with Crippen molar-refractivity contribution in [1.29, 1.82) is 0 Å². The summed E-state index contributed by atoms with van der Waals surface area (Å²) in [7, 11) is 1.55. The molecule has 1 fully saturated rings. The Hall–Kier alpha value is -4.36. The summed E-state index contributed by atoms with van der Waals surface area (Å²) >= 11 is 13.7. The van der Waals surface area contributed by atoms with Gasteiger partial charge in [-0.25, -0.2) is 14.4 Å². The van der Waals surface area contributed by atoms with Crippen molar-refractivity contribution in [2.75, 3.05) is 25.5 Å². The zero-order valence-corrected chi connectivity index (χ0v) is 25.7. The van der Waals surface area contributed by atoms with Crippen molar-refractivity contribution >= 4 is 46.6 Å². The molecule has 0 aliphatic carbocycles. The van der Waals surface area contributed by atoms with Crippen LogP contribution in [0.25, 0.3) is 22.5 Å². The molecule has 4 aromatic rings. The van der Waals surface area contributed by atoms with Crippen LogP contribution in [0.15, 0.2) is 54.9 Å². The molecule has 1 amide bonds. The first-order chi connectivity index (χ1) is 21.7. The maximum absolute atomic E-state index is 15.2. The van der Waals surface area contributed by atoms with E-state index in [1.165, 1.54) is 12.3 Å². The molecule has 0 saturated carbocycles. The first-order valence-electron chi connectivity index (χ1n) is 14.1. The second kappa shape index (κ2) is 14.6. The highest BCUT2D eigenvalue weighted by Crippen LogP contribution is 2.40. The van der Waals surface area contributed by atoms with Crippen LogP contribution in [0.3, 0.4) is 0 Å². The van der Waals surface area contributed by atoms with E-state index in [1.54, 1.807) is 37.6 Å². The molecule has 1 saturated heterocycles. The zero-order chi connectivity index (χ0) is 31.9. The molecule has 5 rings (SSSR count). The van der Waals surface area contributed by atoms with Crippen LogP contribution in [0.5, 0.6) is 5.88 Å². The Bertz CT molecular complexity index is 1730. The number of hydrogen-bond acceptors (Lipinski definition) is 9. The number of amides is 1. The molecule has 234 valence electrons. The van der Waals surface area contributed by atoms with Gasteiger partial charge in [0.25, 0.3) is 0 Å². The monoisotopic (exact) mass is 653 g/mol. The van der Waals surface area contributed by atoms with Gasteiger partial charge in [-0.2, -0.15) is 0 Å². The highest BCUT2D eigenvalue weighted by atomic mass is 35.5. The fourth-order valence-electron chi connectivity index (χ4n) is 4.92. The molecule has 0 bridgehead atoms. The summed E-state index contributed by atoms with van der Waals surface area (Å²) in [5, 5.41) is 21.2. The summed E-state index contributed by atoms with van der Waals surface area (Å²) in [5.74, 6) is -1.25. The Kier molecular flexibility index (Phi) is 10.4. The highest BCUT2D eigenvalue weighted by molar-refractivity contribution is 6.39. The summed E-state index contributed by atoms with van der Waals surface area (Å²) in [5.41, 5.74) is 3.53. The highest BCUT2D eigenvalue weighted by Gasteiger charge is 2.21. The van der Waals surface area contributed by atoms with E-state index in [0.29, 0.717) is 58.6 Å². The van der Waals surface area contributed by atoms with Crippen molar-refractivity contribution < 1.29 is 23.8 Å². The molecule has 14 heteroatoms. The Morgan fingerprint density at radius 2 is 1.84 bits per heavy atom. The number of carboxylic acid groups (broad SMARTS) is 1. The van der Waals surface area contributed by atoms with Gasteiger partial charge in [0, 0.05) is 66.7 Å². The summed E-state index contributed by atoms with van der Waals surface area (Å²) in [4.78, 5) is 35.5. The summed E-state index contributed by atoms with van der Waals surface area (Å²) in [6, 6.07) is 12.2. The molecule has 4 heterocycles. The Labute approximate surface area is 268 Å². The number of nitrogens with one attached hydrogen (secondary N) is 4. The van der Waals surface area contributed by atoms with Crippen LogP contribution in [0.1, 0.15) is 24.0 Å². The topological polar surface area (TPSA) is 150 Å². The average Bonchev–Trinajstić information content (AvgIpc) is 3.45. The molecular formula is C31H30Cl2FN7O4. The predicted octanol–water partition coefficient (Wildman–Crippen LogP) is 4.95. The van der Waals surface area contributed by atoms with Gasteiger partial charge in [0.2, 0.25) is 11.8 Å². The van der Waals surface area contributed by atoms with Crippen molar-refractivity contribution in [3.63, 3.8) is 0 Å². The van der Waals surface area contributed by atoms with Crippen molar-refractivity contribution in [1.82, 2.24) is 30.9 Å². The maximum Gasteiger partial charge on any atom is 0.317 e. The van der Waals surface area contributed by atoms with Crippen LogP contribution >= 0.6 is 23.2 Å². The number of anilines is 2. The van der Waals surface area contributed by atoms with Crippen molar-refractivity contribution in [2.45, 2.75) is 32.0 Å². The Morgan fingerprint density at radius 1 is 1.04 bits per heavy atom. The lowest BCUT2D eigenvalue weighted by atomic mass is 10.1. The fourth-order valence-corrected chi connectivity index (χ4v) is 5.49. The molecule has 11 nitrogen and oxygen atoms in total. The van der Waals surface area contributed by atoms with Crippen LogP contribution in [-0.4, -0.2) is 58.2 Å². The Morgan fingerprint density at radius 3 is 2.60 bits per heavy atom. The number of pyridine rings is 3. The number of carbonyl (C=O) groups is 2. The van der Waals surface area contributed by atoms with Gasteiger partial charge in [-0.1, -0.05) is 41.4 Å². The minimum Gasteiger partial charge on any atom is -0.481 e. The van der Waals surface area contributed by atoms with Gasteiger partial charge < -0.3 is 31.1 Å². The molecular weight excluding hydrogens is 624 g/mol. The molecule has 1 atom stereocenters. The van der Waals surface area contributed by atoms with Gasteiger partial charge in [0.15, 0.2) is 11.6 Å². The number of nitrogens with zero attached hydrogens (tertiary/aromatic N) is 3. The van der Waals surface area contributed by atoms with Crippen molar-refractivity contribution in [3.05, 3.63) is 81.8 Å². The smallest absolute Gasteiger partial charge is 0.317 e. The summed E-state index contributed by atoms with van der Waals surface area (Å²) < 4.78 is 20.7. The molecule has 1 aliphatic heterocycles. The second-order valence-corrected chi connectivity index (χ2v) is 11.0. The van der Waals surface area contributed by atoms with E-state index in [1.807, 2.05) is 12.1 Å². The minimum absolute atomic E-state index is 0.00580. The van der Waals surface area contributed by atoms with E-state index in [0.717, 1.165) is 12.0 Å². The van der Waals surface area contributed by atoms with Crippen LogP contribution in [0.4, 0.5) is 15.9 Å². The largest absolute Gasteiger partial charge is 0.481 e. The molecule has 0 radical (unpaired) electrons. The van der Waals surface area contributed by atoms with E-state index in [9.17, 15) is 9.59 Å². The number of methoxy groups -OCH3 is 1. The van der Waals surface area contributed by atoms with E-state index in [2.05, 4.69) is 36.2 Å². The molecule has 0 unspecified atom stereocenters. The lowest BCUT2D eigenvalue weighted by Gasteiger charge is -2.16. The number of rotatable bonds is 13. The zero-order valence-electron chi connectivity index (χ0n) is 24.2. The second-order valence-electron chi connectivity index (χ2n) is 10.2. The quantitative estimate of drug-likeness (QED) is 0.134. The molecule has 0 spiro atoms. The van der Waals surface area contributed by atoms with Crippen molar-refractivity contribution in [2.24, 2.45) is 0 Å². The Balaban J connectivity index is 1.36. The van der Waals surface area contributed by atoms with Crippen LogP contribution < -0.4 is 26.0 Å². The lowest BCUT2D eigenvalue weighted by Crippen LogP contribution is -2.35. The molecule has 1 aromatic carbocycles. The average molecular weight is 655 g/mol. The van der Waals surface area contributed by atoms with Crippen LogP contribution in [0, 0.1) is 5.82 Å². The molecule has 1 aliphatic rings. The lowest BCUT2D eigenvalue weighted by molar-refractivity contribution is -0.136. The van der Waals surface area contributed by atoms with E-state index < -0.39 is 11.8 Å². The molecule has 45 heavy (non-hydrogen) atoms. The third kappa shape index (κ3) is 7.66. The number of aromatic nitrogens is 3. The maximum atomic E-state index is 15.2. The first-order valence-corrected chi connectivity index (χ1v) is 14.8. The summed E-state index contributed by atoms with van der Waals surface area (Å²) in [6.45, 7) is 0.844. The minimum atomic E-state index is -1.05. The molecule has 3 aromatic heterocycles. The van der Waals surface area contributed by atoms with Crippen LogP contribution in [-0.2, 0) is 22.7 Å². The fraction of sp³-hybridized carbons (Fsp3) is 0.258. The van der Waals surface area contributed by atoms with Crippen molar-refractivity contribution in [3.8, 4) is 28.4 Å². The number of benzene rings is 1. The van der Waals surface area contributed by atoms with E-state index in [4.69, 9.17) is 33.0 Å². The third-order valence-corrected chi connectivity index (χ3v) is 7.95. The van der Waals surface area contributed by atoms with Gasteiger partial charge >= 0.3 is 5.97 Å². The number of hydrogen-bond donors (Lipinski definition) is 5. The normalized spacial score (nSPS) is 14.3. The predicted molar refractivity (Wildman–Crippen MR) is 169 cm³/mol. The SMILES string of the molecule is COc1nc(-c2ccnc(-c3cccc(Nc4nccc(CNCC(=O)O)c4F)c3Cl)c2Cl)ccc1CNC[C@@H]1CCC(=O)N1. The van der Waals surface area contributed by atoms with E-state index in [-0.39, 0.29) is 41.4 Å². The standard InChI is InChI=1S/C31H30Cl2FN7O4/c1-45-31-18(14-35-15-19-6-8-24(42)39-19)5-7-22(41-31)20-10-12-37-29(27(20)33)21-3-2-4-23(26(21)32)40-30-28(34)17(9-11-38-30)13-36-16-25(43)44/h2-5,7,9-12,19,35-36H,6,8,13-16H2,1H3,(H,38,40)(H,39,42)(H,43,44)/t19-/m0/s1. The number of ether oxygens (including phenoxy) is 1. The number of carbonyl (C=O) groups excluding carboxylic acids is 1. The van der Waals surface area contributed by atoms with Gasteiger partial charge in [0.1, 0.15) is 0 Å². The summed E-state index contributed by atoms with van der Waals surface area (Å²) in [6.07, 6.45) is 4.37. The van der Waals surface area contributed by atoms with E-state index >= 15 is 4.39 Å². The van der Waals surface area contributed by atoms with Crippen LogP contribution in [0.2, 0.25) is 10.0 Å². The third-order valence-electron chi connectivity index (χ3n) is 7.16. The van der Waals surface area contributed by atoms with Gasteiger partial charge in [0.05, 0.1) is 40.8 Å². The van der Waals surface area contributed by atoms with Gasteiger partial charge in [-0.05, 0) is 30.7 Å². The number of halogens is 3. The molecule has 5 N–H and O–H groups in total. The number of carboxylic acids is 1. The first kappa shape index (κ1) is 32.0. The van der Waals surface area contributed by atoms with Gasteiger partial charge in [-0.3, -0.25) is 14.6 Å². The number of aliphatic carboxylic acids is 1.